The van der Waals surface area contributed by atoms with Crippen LogP contribution in [0.1, 0.15) is 80.6 Å². The molecule has 0 aliphatic heterocycles. The molecule has 1 unspecified atom stereocenters. The fourth-order valence-electron chi connectivity index (χ4n) is 3.43. The average molecular weight is 486 g/mol. The number of nitrogens with zero attached hydrogens (tertiary/aromatic N) is 2. The summed E-state index contributed by atoms with van der Waals surface area (Å²) in [4.78, 5) is 16.9. The quantitative estimate of drug-likeness (QED) is 0.576. The van der Waals surface area contributed by atoms with Crippen LogP contribution in [0.5, 0.6) is 0 Å². The van der Waals surface area contributed by atoms with E-state index in [2.05, 4.69) is 9.35 Å². The maximum Gasteiger partial charge on any atom is 0.259 e. The number of thiazole rings is 1. The number of aromatic nitrogens is 1. The van der Waals surface area contributed by atoms with Gasteiger partial charge in [0.15, 0.2) is 9.92 Å². The summed E-state index contributed by atoms with van der Waals surface area (Å²) in [6.45, 7) is 10.8. The van der Waals surface area contributed by atoms with Gasteiger partial charge in [-0.2, -0.15) is 0 Å². The van der Waals surface area contributed by atoms with E-state index in [0.717, 1.165) is 16.9 Å². The normalized spacial score (nSPS) is 14.1. The lowest BCUT2D eigenvalue weighted by Gasteiger charge is -2.22. The number of hydrogen-bond donors (Lipinski definition) is 2. The highest BCUT2D eigenvalue weighted by atomic mass is 32.2. The molecule has 1 amide bonds. The van der Waals surface area contributed by atoms with Crippen LogP contribution >= 0.6 is 11.3 Å². The Hall–Kier alpha value is -1.72. The second-order valence-corrected chi connectivity index (χ2v) is 11.9. The minimum Gasteiger partial charge on any atom is -0.383 e. The van der Waals surface area contributed by atoms with Crippen LogP contribution in [0.4, 0.5) is 4.39 Å². The van der Waals surface area contributed by atoms with E-state index in [9.17, 15) is 14.1 Å². The highest BCUT2D eigenvalue weighted by molar-refractivity contribution is 7.93. The Bertz CT molecular complexity index is 1110. The number of rotatable bonds is 8. The molecule has 3 N–H and O–H groups in total. The number of aliphatic hydroxyl groups is 1. The van der Waals surface area contributed by atoms with Crippen molar-refractivity contribution in [1.29, 1.82) is 0 Å². The standard InChI is InChI=1S/C22H32FN3O4S2/c1-12(2)15-8-14(11-30-7)20(23)19(13(3)4)16(15)9-17(27)26-32(24,29)18-10-25-21(31-18)22(5,6)28/h8,10,12-13,28H,9,11H2,1-7H3,(H2,24,26,27,29). The lowest BCUT2D eigenvalue weighted by molar-refractivity contribution is -0.117. The van der Waals surface area contributed by atoms with Crippen LogP contribution in [0, 0.1) is 5.82 Å². The molecular weight excluding hydrogens is 453 g/mol. The van der Waals surface area contributed by atoms with Crippen molar-refractivity contribution in [3.8, 4) is 0 Å². The number of halogens is 1. The molecule has 0 saturated heterocycles. The van der Waals surface area contributed by atoms with Crippen LogP contribution in [0.2, 0.25) is 0 Å². The molecule has 32 heavy (non-hydrogen) atoms. The zero-order valence-electron chi connectivity index (χ0n) is 19.6. The second-order valence-electron chi connectivity index (χ2n) is 8.85. The number of hydrogen-bond acceptors (Lipinski definition) is 6. The van der Waals surface area contributed by atoms with Gasteiger partial charge in [-0.25, -0.2) is 18.7 Å². The molecule has 178 valence electrons. The van der Waals surface area contributed by atoms with Crippen LogP contribution in [0.15, 0.2) is 20.8 Å². The van der Waals surface area contributed by atoms with E-state index in [-0.39, 0.29) is 29.1 Å². The van der Waals surface area contributed by atoms with Crippen molar-refractivity contribution in [2.45, 2.75) is 76.2 Å². The molecule has 1 aromatic heterocycles. The monoisotopic (exact) mass is 485 g/mol. The molecular formula is C22H32FN3O4S2. The van der Waals surface area contributed by atoms with Gasteiger partial charge in [0.1, 0.15) is 20.6 Å². The lowest BCUT2D eigenvalue weighted by Crippen LogP contribution is -2.17. The summed E-state index contributed by atoms with van der Waals surface area (Å²) in [7, 11) is -2.06. The van der Waals surface area contributed by atoms with Crippen LogP contribution in [0.3, 0.4) is 0 Å². The van der Waals surface area contributed by atoms with Gasteiger partial charge in [-0.05, 0) is 48.4 Å². The summed E-state index contributed by atoms with van der Waals surface area (Å²) < 4.78 is 37.2. The summed E-state index contributed by atoms with van der Waals surface area (Å²) in [5.74, 6) is -1.28. The predicted octanol–water partition coefficient (Wildman–Crippen LogP) is 4.37. The second kappa shape index (κ2) is 10.0. The number of methoxy groups -OCH3 is 1. The van der Waals surface area contributed by atoms with Gasteiger partial charge in [0.05, 0.1) is 19.2 Å². The first-order valence-electron chi connectivity index (χ1n) is 10.3. The molecule has 2 rings (SSSR count). The third-order valence-corrected chi connectivity index (χ3v) is 8.11. The first-order chi connectivity index (χ1) is 14.7. The summed E-state index contributed by atoms with van der Waals surface area (Å²) in [5, 5.41) is 16.3. The fourth-order valence-corrected chi connectivity index (χ4v) is 5.57. The molecule has 0 bridgehead atoms. The topological polar surface area (TPSA) is 115 Å². The van der Waals surface area contributed by atoms with E-state index in [0.29, 0.717) is 21.7 Å². The van der Waals surface area contributed by atoms with E-state index in [4.69, 9.17) is 9.88 Å². The van der Waals surface area contributed by atoms with Gasteiger partial charge in [0, 0.05) is 12.7 Å². The first-order valence-corrected chi connectivity index (χ1v) is 12.7. The Labute approximate surface area is 193 Å². The Morgan fingerprint density at radius 3 is 2.44 bits per heavy atom. The minimum absolute atomic E-state index is 0.0181. The van der Waals surface area contributed by atoms with Gasteiger partial charge in [-0.15, -0.1) is 15.7 Å². The maximum absolute atomic E-state index is 15.2. The first kappa shape index (κ1) is 26.5. The fraction of sp³-hybridized carbons (Fsp3) is 0.545. The van der Waals surface area contributed by atoms with Gasteiger partial charge in [0.2, 0.25) is 0 Å². The summed E-state index contributed by atoms with van der Waals surface area (Å²) in [6.07, 6.45) is 1.03. The molecule has 1 atom stereocenters. The van der Waals surface area contributed by atoms with Crippen molar-refractivity contribution in [2.75, 3.05) is 7.11 Å². The molecule has 1 heterocycles. The zero-order chi connectivity index (χ0) is 24.4. The van der Waals surface area contributed by atoms with E-state index in [1.807, 2.05) is 27.7 Å². The van der Waals surface area contributed by atoms with Crippen LogP contribution in [0.25, 0.3) is 0 Å². The molecule has 7 nitrogen and oxygen atoms in total. The molecule has 0 spiro atoms. The average Bonchev–Trinajstić information content (AvgIpc) is 3.14. The van der Waals surface area contributed by atoms with Gasteiger partial charge in [-0.1, -0.05) is 27.7 Å². The Morgan fingerprint density at radius 2 is 1.97 bits per heavy atom. The third-order valence-electron chi connectivity index (χ3n) is 4.88. The van der Waals surface area contributed by atoms with Crippen LogP contribution < -0.4 is 5.14 Å². The van der Waals surface area contributed by atoms with Crippen molar-refractivity contribution in [1.82, 2.24) is 4.98 Å². The minimum atomic E-state index is -3.56. The highest BCUT2D eigenvalue weighted by Crippen LogP contribution is 2.34. The van der Waals surface area contributed by atoms with E-state index in [1.165, 1.54) is 13.3 Å². The van der Waals surface area contributed by atoms with Gasteiger partial charge >= 0.3 is 0 Å². The zero-order valence-corrected chi connectivity index (χ0v) is 21.2. The lowest BCUT2D eigenvalue weighted by atomic mass is 9.84. The highest BCUT2D eigenvalue weighted by Gasteiger charge is 2.26. The number of carbonyl (C=O) groups is 1. The molecule has 0 fully saturated rings. The largest absolute Gasteiger partial charge is 0.383 e. The van der Waals surface area contributed by atoms with Gasteiger partial charge in [0.25, 0.3) is 5.91 Å². The summed E-state index contributed by atoms with van der Waals surface area (Å²) in [5.41, 5.74) is 0.980. The molecule has 2 aromatic rings. The van der Waals surface area contributed by atoms with E-state index < -0.39 is 27.2 Å². The Balaban J connectivity index is 2.53. The predicted molar refractivity (Wildman–Crippen MR) is 124 cm³/mol. The third kappa shape index (κ3) is 5.99. The van der Waals surface area contributed by atoms with E-state index in [1.54, 1.807) is 19.9 Å². The number of amides is 1. The number of ether oxygens (including phenoxy) is 1. The van der Waals surface area contributed by atoms with Crippen molar-refractivity contribution in [3.05, 3.63) is 45.3 Å². The molecule has 0 aliphatic carbocycles. The van der Waals surface area contributed by atoms with E-state index >= 15 is 4.39 Å². The van der Waals surface area contributed by atoms with Crippen LogP contribution in [-0.2, 0) is 38.1 Å². The van der Waals surface area contributed by atoms with Crippen LogP contribution in [-0.4, -0.2) is 27.3 Å². The van der Waals surface area contributed by atoms with Crippen molar-refractivity contribution < 1.29 is 23.2 Å². The Morgan fingerprint density at radius 1 is 1.34 bits per heavy atom. The van der Waals surface area contributed by atoms with Gasteiger partial charge in [-0.3, -0.25) is 4.79 Å². The summed E-state index contributed by atoms with van der Waals surface area (Å²) >= 11 is 0.940. The van der Waals surface area contributed by atoms with Crippen molar-refractivity contribution >= 4 is 27.2 Å². The summed E-state index contributed by atoms with van der Waals surface area (Å²) in [6, 6.07) is 1.72. The van der Waals surface area contributed by atoms with Crippen molar-refractivity contribution in [2.24, 2.45) is 9.50 Å². The molecule has 10 heteroatoms. The smallest absolute Gasteiger partial charge is 0.259 e. The number of benzene rings is 1. The molecule has 0 aliphatic rings. The van der Waals surface area contributed by atoms with Crippen molar-refractivity contribution in [3.63, 3.8) is 0 Å². The maximum atomic E-state index is 15.2. The number of nitrogens with two attached hydrogens (primary N) is 1. The SMILES string of the molecule is COCc1cc(C(C)C)c(CC(=O)N=S(N)(=O)c2cnc(C(C)(C)O)s2)c(C(C)C)c1F. The molecule has 1 aromatic carbocycles. The Kier molecular flexibility index (Phi) is 8.33. The molecule has 0 radical (unpaired) electrons. The van der Waals surface area contributed by atoms with Gasteiger partial charge < -0.3 is 9.84 Å². The molecule has 0 saturated carbocycles. The number of carbonyl (C=O) groups excluding carboxylic acids is 1.